The minimum atomic E-state index is 0.576. The Bertz CT molecular complexity index is 969. The second kappa shape index (κ2) is 8.46. The van der Waals surface area contributed by atoms with Gasteiger partial charge in [0.2, 0.25) is 0 Å². The van der Waals surface area contributed by atoms with Gasteiger partial charge >= 0.3 is 0 Å². The van der Waals surface area contributed by atoms with E-state index in [0.29, 0.717) is 17.8 Å². The van der Waals surface area contributed by atoms with E-state index in [4.69, 9.17) is 5.73 Å². The normalized spacial score (nSPS) is 10.6. The van der Waals surface area contributed by atoms with Crippen LogP contribution in [0, 0.1) is 18.3 Å². The van der Waals surface area contributed by atoms with Crippen molar-refractivity contribution >= 4 is 5.82 Å². The lowest BCUT2D eigenvalue weighted by molar-refractivity contribution is 0.758. The molecular weight excluding hydrogens is 332 g/mol. The molecule has 0 unspecified atom stereocenters. The van der Waals surface area contributed by atoms with Gasteiger partial charge in [0.05, 0.1) is 11.6 Å². The third-order valence-corrected chi connectivity index (χ3v) is 4.70. The Morgan fingerprint density at radius 2 is 1.78 bits per heavy atom. The fraction of sp³-hybridized carbons (Fsp3) is 0.261. The summed E-state index contributed by atoms with van der Waals surface area (Å²) in [6.45, 7) is 4.06. The fourth-order valence-corrected chi connectivity index (χ4v) is 3.26. The van der Waals surface area contributed by atoms with E-state index in [2.05, 4.69) is 47.2 Å². The van der Waals surface area contributed by atoms with Crippen LogP contribution in [-0.2, 0) is 12.8 Å². The predicted octanol–water partition coefficient (Wildman–Crippen LogP) is 4.84. The summed E-state index contributed by atoms with van der Waals surface area (Å²) in [7, 11) is 0. The average Bonchev–Trinajstić information content (AvgIpc) is 2.69. The number of anilines is 1. The van der Waals surface area contributed by atoms with Crippen LogP contribution in [0.4, 0.5) is 5.82 Å². The Morgan fingerprint density at radius 1 is 1.04 bits per heavy atom. The molecule has 2 aromatic carbocycles. The largest absolute Gasteiger partial charge is 0.383 e. The third-order valence-electron chi connectivity index (χ3n) is 4.70. The molecule has 2 N–H and O–H groups in total. The molecule has 0 aliphatic carbocycles. The molecule has 136 valence electrons. The Morgan fingerprint density at radius 3 is 2.48 bits per heavy atom. The van der Waals surface area contributed by atoms with Crippen LogP contribution in [0.25, 0.3) is 11.1 Å². The first-order valence-electron chi connectivity index (χ1n) is 9.32. The number of benzene rings is 2. The Kier molecular flexibility index (Phi) is 5.83. The van der Waals surface area contributed by atoms with Crippen molar-refractivity contribution in [3.8, 4) is 17.2 Å². The van der Waals surface area contributed by atoms with Crippen LogP contribution in [0.5, 0.6) is 0 Å². The molecular formula is C23H24N4. The summed E-state index contributed by atoms with van der Waals surface area (Å²) in [5.41, 5.74) is 12.1. The van der Waals surface area contributed by atoms with E-state index < -0.39 is 0 Å². The van der Waals surface area contributed by atoms with Gasteiger partial charge in [-0.25, -0.2) is 9.97 Å². The van der Waals surface area contributed by atoms with Crippen LogP contribution in [0.1, 0.15) is 48.0 Å². The quantitative estimate of drug-likeness (QED) is 0.686. The molecule has 0 fully saturated rings. The molecule has 27 heavy (non-hydrogen) atoms. The zero-order valence-electron chi connectivity index (χ0n) is 15.9. The number of hydrogen-bond acceptors (Lipinski definition) is 4. The fourth-order valence-electron chi connectivity index (χ4n) is 3.26. The molecule has 0 aliphatic heterocycles. The molecule has 0 bridgehead atoms. The van der Waals surface area contributed by atoms with E-state index in [1.54, 1.807) is 0 Å². The van der Waals surface area contributed by atoms with Crippen molar-refractivity contribution in [2.45, 2.75) is 39.5 Å². The van der Waals surface area contributed by atoms with Crippen molar-refractivity contribution in [3.63, 3.8) is 0 Å². The monoisotopic (exact) mass is 356 g/mol. The van der Waals surface area contributed by atoms with E-state index in [1.807, 2.05) is 31.2 Å². The maximum atomic E-state index is 9.31. The van der Waals surface area contributed by atoms with Crippen LogP contribution >= 0.6 is 0 Å². The van der Waals surface area contributed by atoms with Gasteiger partial charge in [0, 0.05) is 17.7 Å². The molecule has 0 saturated carbocycles. The second-order valence-electron chi connectivity index (χ2n) is 6.72. The summed E-state index contributed by atoms with van der Waals surface area (Å²) in [6, 6.07) is 18.2. The molecule has 0 spiro atoms. The molecule has 0 radical (unpaired) electrons. The number of nitriles is 1. The van der Waals surface area contributed by atoms with E-state index in [-0.39, 0.29) is 0 Å². The van der Waals surface area contributed by atoms with E-state index in [0.717, 1.165) is 53.0 Å². The Balaban J connectivity index is 1.88. The minimum absolute atomic E-state index is 0.576. The van der Waals surface area contributed by atoms with Crippen LogP contribution in [0.2, 0.25) is 0 Å². The first-order valence-corrected chi connectivity index (χ1v) is 9.32. The topological polar surface area (TPSA) is 75.6 Å². The van der Waals surface area contributed by atoms with Crippen LogP contribution in [-0.4, -0.2) is 9.97 Å². The molecule has 4 nitrogen and oxygen atoms in total. The maximum Gasteiger partial charge on any atom is 0.130 e. The summed E-state index contributed by atoms with van der Waals surface area (Å²) in [4.78, 5) is 8.99. The number of nitrogens with two attached hydrogens (primary N) is 1. The van der Waals surface area contributed by atoms with Gasteiger partial charge in [-0.2, -0.15) is 5.26 Å². The average molecular weight is 356 g/mol. The maximum absolute atomic E-state index is 9.31. The van der Waals surface area contributed by atoms with Gasteiger partial charge in [-0.1, -0.05) is 55.8 Å². The highest BCUT2D eigenvalue weighted by molar-refractivity contribution is 5.70. The van der Waals surface area contributed by atoms with Crippen molar-refractivity contribution in [2.75, 3.05) is 5.73 Å². The number of nitrogen functional groups attached to an aromatic ring is 1. The molecule has 0 amide bonds. The predicted molar refractivity (Wildman–Crippen MR) is 109 cm³/mol. The van der Waals surface area contributed by atoms with E-state index in [9.17, 15) is 5.26 Å². The molecule has 3 rings (SSSR count). The van der Waals surface area contributed by atoms with Gasteiger partial charge in [0.25, 0.3) is 0 Å². The van der Waals surface area contributed by atoms with E-state index >= 15 is 0 Å². The minimum Gasteiger partial charge on any atom is -0.383 e. The first kappa shape index (κ1) is 18.6. The van der Waals surface area contributed by atoms with Crippen LogP contribution < -0.4 is 5.73 Å². The molecule has 1 heterocycles. The smallest absolute Gasteiger partial charge is 0.130 e. The van der Waals surface area contributed by atoms with Crippen molar-refractivity contribution in [1.82, 2.24) is 9.97 Å². The Hall–Kier alpha value is -3.19. The molecule has 3 aromatic rings. The molecule has 0 atom stereocenters. The van der Waals surface area contributed by atoms with Crippen LogP contribution in [0.15, 0.2) is 48.5 Å². The van der Waals surface area contributed by atoms with Gasteiger partial charge in [0.1, 0.15) is 11.6 Å². The van der Waals surface area contributed by atoms with Crippen molar-refractivity contribution in [2.24, 2.45) is 0 Å². The highest BCUT2D eigenvalue weighted by atomic mass is 14.9. The SMILES string of the molecule is CCCCc1nc(C)nc(N)c1Cc1ccc(-c2ccccc2C#N)cc1. The molecule has 0 saturated heterocycles. The summed E-state index contributed by atoms with van der Waals surface area (Å²) in [5, 5.41) is 9.31. The van der Waals surface area contributed by atoms with Gasteiger partial charge in [-0.15, -0.1) is 0 Å². The summed E-state index contributed by atoms with van der Waals surface area (Å²) in [5.74, 6) is 1.30. The number of nitrogens with zero attached hydrogens (tertiary/aromatic N) is 3. The molecule has 4 heteroatoms. The standard InChI is InChI=1S/C23H24N4/c1-3-4-9-22-21(23(25)27-16(2)26-22)14-17-10-12-18(13-11-17)20-8-6-5-7-19(20)15-24/h5-8,10-13H,3-4,9,14H2,1-2H3,(H2,25,26,27). The highest BCUT2D eigenvalue weighted by Crippen LogP contribution is 2.25. The van der Waals surface area contributed by atoms with Gasteiger partial charge < -0.3 is 5.73 Å². The molecule has 0 aliphatic rings. The number of aromatic nitrogens is 2. The highest BCUT2D eigenvalue weighted by Gasteiger charge is 2.12. The van der Waals surface area contributed by atoms with Gasteiger partial charge in [-0.3, -0.25) is 0 Å². The Labute approximate surface area is 160 Å². The summed E-state index contributed by atoms with van der Waals surface area (Å²) < 4.78 is 0. The van der Waals surface area contributed by atoms with Crippen molar-refractivity contribution in [3.05, 3.63) is 76.7 Å². The zero-order valence-corrected chi connectivity index (χ0v) is 15.9. The number of unbranched alkanes of at least 4 members (excludes halogenated alkanes) is 1. The lowest BCUT2D eigenvalue weighted by Gasteiger charge is -2.12. The third kappa shape index (κ3) is 4.32. The first-order chi connectivity index (χ1) is 13.1. The van der Waals surface area contributed by atoms with Gasteiger partial charge in [0.15, 0.2) is 0 Å². The van der Waals surface area contributed by atoms with Crippen molar-refractivity contribution in [1.29, 1.82) is 5.26 Å². The van der Waals surface area contributed by atoms with E-state index in [1.165, 1.54) is 0 Å². The summed E-state index contributed by atoms with van der Waals surface area (Å²) in [6.07, 6.45) is 3.85. The van der Waals surface area contributed by atoms with Crippen LogP contribution in [0.3, 0.4) is 0 Å². The van der Waals surface area contributed by atoms with Crippen molar-refractivity contribution < 1.29 is 0 Å². The second-order valence-corrected chi connectivity index (χ2v) is 6.72. The number of rotatable bonds is 6. The number of hydrogen-bond donors (Lipinski definition) is 1. The zero-order chi connectivity index (χ0) is 19.2. The molecule has 1 aromatic heterocycles. The lowest BCUT2D eigenvalue weighted by atomic mass is 9.96. The summed E-state index contributed by atoms with van der Waals surface area (Å²) >= 11 is 0. The number of aryl methyl sites for hydroxylation is 2. The lowest BCUT2D eigenvalue weighted by Crippen LogP contribution is -2.08. The van der Waals surface area contributed by atoms with Gasteiger partial charge in [-0.05, 0) is 42.5 Å².